The highest BCUT2D eigenvalue weighted by molar-refractivity contribution is 6.77. The van der Waals surface area contributed by atoms with Crippen LogP contribution in [0.25, 0.3) is 0 Å². The number of hydrogen-bond donors (Lipinski definition) is 0. The Kier molecular flexibility index (Phi) is 3.26. The van der Waals surface area contributed by atoms with Crippen LogP contribution in [0.4, 0.5) is 0 Å². The second-order valence-electron chi connectivity index (χ2n) is 2.77. The van der Waals surface area contributed by atoms with Gasteiger partial charge in [0.25, 0.3) is 0 Å². The minimum Gasteiger partial charge on any atom is -0.307 e. The fraction of sp³-hybridized carbons (Fsp3) is 0.556. The highest BCUT2D eigenvalue weighted by atomic mass is 16.1. The predicted molar refractivity (Wildman–Crippen MR) is 51.7 cm³/mol. The molecular formula is C9H13BNO. The van der Waals surface area contributed by atoms with Crippen LogP contribution in [0.1, 0.15) is 26.7 Å². The van der Waals surface area contributed by atoms with Gasteiger partial charge < -0.3 is 4.79 Å². The van der Waals surface area contributed by atoms with E-state index in [0.29, 0.717) is 0 Å². The van der Waals surface area contributed by atoms with Gasteiger partial charge in [0.05, 0.1) is 0 Å². The van der Waals surface area contributed by atoms with E-state index in [1.54, 1.807) is 13.5 Å². The molecule has 0 atom stereocenters. The van der Waals surface area contributed by atoms with Gasteiger partial charge >= 0.3 is 0 Å². The maximum atomic E-state index is 11.3. The fourth-order valence-corrected chi connectivity index (χ4v) is 1.43. The molecule has 12 heavy (non-hydrogen) atoms. The summed E-state index contributed by atoms with van der Waals surface area (Å²) >= 11 is 0. The summed E-state index contributed by atoms with van der Waals surface area (Å²) in [7, 11) is 1.76. The molecule has 0 amide bonds. The van der Waals surface area contributed by atoms with E-state index in [-0.39, 0.29) is 5.68 Å². The van der Waals surface area contributed by atoms with E-state index in [4.69, 9.17) is 0 Å². The topological polar surface area (TPSA) is 29.4 Å². The average molecular weight is 162 g/mol. The van der Waals surface area contributed by atoms with Crippen LogP contribution in [0.3, 0.4) is 0 Å². The van der Waals surface area contributed by atoms with Crippen LogP contribution in [-0.2, 0) is 4.79 Å². The van der Waals surface area contributed by atoms with Crippen LogP contribution in [0.2, 0.25) is 6.32 Å². The summed E-state index contributed by atoms with van der Waals surface area (Å²) in [6.07, 6.45) is 4.31. The van der Waals surface area contributed by atoms with E-state index < -0.39 is 0 Å². The van der Waals surface area contributed by atoms with Crippen molar-refractivity contribution in [1.29, 1.82) is 0 Å². The Morgan fingerprint density at radius 1 is 1.67 bits per heavy atom. The lowest BCUT2D eigenvalue weighted by molar-refractivity contribution is -0.109. The largest absolute Gasteiger partial charge is 0.307 e. The first-order chi connectivity index (χ1) is 5.79. The van der Waals surface area contributed by atoms with Gasteiger partial charge in [0.1, 0.15) is 5.68 Å². The lowest BCUT2D eigenvalue weighted by atomic mass is 9.61. The van der Waals surface area contributed by atoms with Gasteiger partial charge in [-0.05, 0) is 19.8 Å². The van der Waals surface area contributed by atoms with E-state index in [0.717, 1.165) is 30.4 Å². The molecule has 1 radical (unpaired) electrons. The molecule has 0 fully saturated rings. The number of nitrogens with zero attached hydrogens (tertiary/aromatic N) is 1. The number of carbonyl (C=O) groups excluding carboxylic acids is 1. The summed E-state index contributed by atoms with van der Waals surface area (Å²) < 4.78 is 0. The first-order valence-electron chi connectivity index (χ1n) is 4.37. The van der Waals surface area contributed by atoms with Crippen molar-refractivity contribution in [2.75, 3.05) is 0 Å². The van der Waals surface area contributed by atoms with Crippen molar-refractivity contribution in [3.63, 3.8) is 0 Å². The Balaban J connectivity index is 2.94. The first-order valence-corrected chi connectivity index (χ1v) is 4.37. The van der Waals surface area contributed by atoms with Crippen LogP contribution in [0.5, 0.6) is 0 Å². The van der Waals surface area contributed by atoms with Crippen LogP contribution in [0.15, 0.2) is 16.3 Å². The third-order valence-electron chi connectivity index (χ3n) is 2.00. The minimum absolute atomic E-state index is 0.171. The minimum atomic E-state index is 0.171. The van der Waals surface area contributed by atoms with E-state index in [9.17, 15) is 4.79 Å². The summed E-state index contributed by atoms with van der Waals surface area (Å²) in [4.78, 5) is 15.5. The SMILES string of the molecule is CC=NC1=C(CC)C(=O)[B]CC1. The molecule has 1 heterocycles. The predicted octanol–water partition coefficient (Wildman–Crippen LogP) is 1.79. The number of rotatable bonds is 2. The Labute approximate surface area is 74.0 Å². The Hall–Kier alpha value is -0.855. The van der Waals surface area contributed by atoms with Gasteiger partial charge in [-0.3, -0.25) is 4.99 Å². The standard InChI is InChI=1S/C9H13BNO/c1-3-7-8(11-4-2)5-6-10-9(7)12/h4H,3,5-6H2,1-2H3. The molecule has 1 aliphatic rings. The normalized spacial score (nSPS) is 18.7. The lowest BCUT2D eigenvalue weighted by Gasteiger charge is -2.13. The van der Waals surface area contributed by atoms with Crippen molar-refractivity contribution >= 4 is 19.2 Å². The molecule has 0 aromatic heterocycles. The third-order valence-corrected chi connectivity index (χ3v) is 2.00. The Bertz CT molecular complexity index is 243. The fourth-order valence-electron chi connectivity index (χ4n) is 1.43. The zero-order valence-electron chi connectivity index (χ0n) is 7.63. The maximum absolute atomic E-state index is 11.3. The number of allylic oxidation sites excluding steroid dienone is 2. The Morgan fingerprint density at radius 2 is 2.42 bits per heavy atom. The van der Waals surface area contributed by atoms with Crippen LogP contribution >= 0.6 is 0 Å². The van der Waals surface area contributed by atoms with Crippen LogP contribution in [0, 0.1) is 0 Å². The van der Waals surface area contributed by atoms with Gasteiger partial charge in [-0.2, -0.15) is 0 Å². The molecule has 0 spiro atoms. The molecule has 0 unspecified atom stereocenters. The highest BCUT2D eigenvalue weighted by Gasteiger charge is 2.18. The molecule has 0 N–H and O–H groups in total. The first kappa shape index (κ1) is 9.23. The van der Waals surface area contributed by atoms with Crippen LogP contribution < -0.4 is 0 Å². The van der Waals surface area contributed by atoms with E-state index in [2.05, 4.69) is 4.99 Å². The van der Waals surface area contributed by atoms with E-state index in [1.165, 1.54) is 0 Å². The van der Waals surface area contributed by atoms with Crippen molar-refractivity contribution in [2.24, 2.45) is 4.99 Å². The molecule has 0 saturated heterocycles. The van der Waals surface area contributed by atoms with Crippen LogP contribution in [-0.4, -0.2) is 19.2 Å². The molecular weight excluding hydrogens is 149 g/mol. The molecule has 0 aromatic carbocycles. The zero-order valence-corrected chi connectivity index (χ0v) is 7.63. The zero-order chi connectivity index (χ0) is 8.97. The number of aliphatic imine (C=N–C) groups is 1. The molecule has 0 aliphatic carbocycles. The molecule has 0 saturated carbocycles. The van der Waals surface area contributed by atoms with Gasteiger partial charge in [0.2, 0.25) is 7.28 Å². The highest BCUT2D eigenvalue weighted by Crippen LogP contribution is 2.21. The third kappa shape index (κ3) is 1.84. The second kappa shape index (κ2) is 4.24. The smallest absolute Gasteiger partial charge is 0.209 e. The Morgan fingerprint density at radius 3 is 3.00 bits per heavy atom. The van der Waals surface area contributed by atoms with Gasteiger partial charge in [-0.15, -0.1) is 0 Å². The molecule has 0 bridgehead atoms. The summed E-state index contributed by atoms with van der Waals surface area (Å²) in [6, 6.07) is 0. The average Bonchev–Trinajstić information content (AvgIpc) is 2.05. The van der Waals surface area contributed by atoms with Gasteiger partial charge in [-0.1, -0.05) is 13.2 Å². The maximum Gasteiger partial charge on any atom is 0.209 e. The van der Waals surface area contributed by atoms with Crippen molar-refractivity contribution in [2.45, 2.75) is 33.0 Å². The van der Waals surface area contributed by atoms with Crippen molar-refractivity contribution in [3.05, 3.63) is 11.3 Å². The van der Waals surface area contributed by atoms with E-state index >= 15 is 0 Å². The number of hydrogen-bond acceptors (Lipinski definition) is 2. The monoisotopic (exact) mass is 162 g/mol. The molecule has 63 valence electrons. The summed E-state index contributed by atoms with van der Waals surface area (Å²) in [5.41, 5.74) is 2.04. The van der Waals surface area contributed by atoms with Crippen molar-refractivity contribution < 1.29 is 4.79 Å². The molecule has 1 aliphatic heterocycles. The molecule has 0 aromatic rings. The molecule has 1 rings (SSSR count). The van der Waals surface area contributed by atoms with Gasteiger partial charge in [0, 0.05) is 17.5 Å². The second-order valence-corrected chi connectivity index (χ2v) is 2.77. The van der Waals surface area contributed by atoms with Crippen molar-refractivity contribution in [1.82, 2.24) is 0 Å². The van der Waals surface area contributed by atoms with Gasteiger partial charge in [0.15, 0.2) is 0 Å². The quantitative estimate of drug-likeness (QED) is 0.449. The molecule has 2 nitrogen and oxygen atoms in total. The summed E-state index contributed by atoms with van der Waals surface area (Å²) in [5.74, 6) is 0. The van der Waals surface area contributed by atoms with Crippen molar-refractivity contribution in [3.8, 4) is 0 Å². The summed E-state index contributed by atoms with van der Waals surface area (Å²) in [5, 5.41) is 0. The van der Waals surface area contributed by atoms with Gasteiger partial charge in [-0.25, -0.2) is 0 Å². The van der Waals surface area contributed by atoms with E-state index in [1.807, 2.05) is 13.8 Å². The molecule has 3 heteroatoms. The summed E-state index contributed by atoms with van der Waals surface area (Å²) in [6.45, 7) is 3.88. The number of carbonyl (C=O) groups is 1. The lowest BCUT2D eigenvalue weighted by Crippen LogP contribution is -2.18.